The number of carboxylic acid groups (broad SMARTS) is 1. The van der Waals surface area contributed by atoms with Crippen LogP contribution in [0.5, 0.6) is 0 Å². The minimum atomic E-state index is -1.22. The highest BCUT2D eigenvalue weighted by atomic mass is 16.7. The van der Waals surface area contributed by atoms with E-state index >= 15 is 0 Å². The van der Waals surface area contributed by atoms with Gasteiger partial charge in [-0.15, -0.1) is 0 Å². The van der Waals surface area contributed by atoms with Crippen molar-refractivity contribution in [1.29, 1.82) is 0 Å². The number of likely N-dealkylation sites (tertiary alicyclic amines) is 2. The molecule has 1 spiro atoms. The number of methoxy groups -OCH3 is 2. The number of nitrogens with one attached hydrogen (secondary N) is 4. The van der Waals surface area contributed by atoms with E-state index in [9.17, 15) is 24.3 Å². The molecule has 0 saturated carbocycles. The Morgan fingerprint density at radius 2 is 1.58 bits per heavy atom. The number of hydrogen-bond donors (Lipinski definition) is 5. The molecule has 2 aromatic heterocycles. The third-order valence-corrected chi connectivity index (χ3v) is 11.9. The molecule has 2 unspecified atom stereocenters. The molecule has 3 saturated heterocycles. The van der Waals surface area contributed by atoms with Crippen molar-refractivity contribution in [3.63, 3.8) is 0 Å². The highest BCUT2D eigenvalue weighted by Gasteiger charge is 2.53. The predicted molar refractivity (Wildman–Crippen MR) is 220 cm³/mol. The molecule has 17 nitrogen and oxygen atoms in total. The highest BCUT2D eigenvalue weighted by Crippen LogP contribution is 2.43. The first kappa shape index (κ1) is 40.7. The first-order valence-electron chi connectivity index (χ1n) is 20.2. The van der Waals surface area contributed by atoms with Gasteiger partial charge in [-0.05, 0) is 59.9 Å². The van der Waals surface area contributed by atoms with Gasteiger partial charge in [-0.2, -0.15) is 0 Å². The maximum atomic E-state index is 14.2. The number of aromatic nitrogens is 4. The van der Waals surface area contributed by atoms with Crippen LogP contribution in [0.3, 0.4) is 0 Å². The summed E-state index contributed by atoms with van der Waals surface area (Å²) in [4.78, 5) is 71.2. The molecule has 3 aliphatic heterocycles. The normalized spacial score (nSPS) is 20.2. The van der Waals surface area contributed by atoms with Crippen LogP contribution < -0.4 is 10.6 Å². The zero-order chi connectivity index (χ0) is 42.3. The maximum Gasteiger partial charge on any atom is 0.407 e. The summed E-state index contributed by atoms with van der Waals surface area (Å²) in [5.41, 5.74) is 5.37. The lowest BCUT2D eigenvalue weighted by molar-refractivity contribution is -0.154. The molecular formula is C43H50N8O9. The van der Waals surface area contributed by atoms with Crippen molar-refractivity contribution in [1.82, 2.24) is 40.4 Å². The summed E-state index contributed by atoms with van der Waals surface area (Å²) in [7, 11) is 2.72. The smallest absolute Gasteiger partial charge is 0.407 e. The Morgan fingerprint density at radius 3 is 2.28 bits per heavy atom. The van der Waals surface area contributed by atoms with Crippen molar-refractivity contribution in [2.75, 3.05) is 40.5 Å². The lowest BCUT2D eigenvalue weighted by atomic mass is 9.99. The van der Waals surface area contributed by atoms with Gasteiger partial charge < -0.3 is 54.5 Å². The number of ether oxygens (including phenoxy) is 4. The number of aromatic amines is 2. The number of benzene rings is 3. The molecule has 5 aromatic rings. The molecule has 4 amide bonds. The third-order valence-electron chi connectivity index (χ3n) is 11.9. The van der Waals surface area contributed by atoms with Crippen LogP contribution in [-0.2, 0) is 28.5 Å². The molecule has 3 fully saturated rings. The van der Waals surface area contributed by atoms with Crippen LogP contribution in [-0.4, -0.2) is 123 Å². The first-order chi connectivity index (χ1) is 28.9. The standard InChI is InChI=1S/C43H50N8O9/c1-23(2)34(48-41(54)55)39(52)50-16-6-7-32(50)37-44-21-31(46-37)26-10-8-25(9-11-26)27-12-14-29-28(19-27)13-15-30-36(29)47-38(45-30)33-20-43(59-17-18-60-43)22-51(33)40(53)35(24(3)57-4)49-42(56)58-5/h8-15,19,21,23-24,32-35,48H,6-7,16-18,20,22H2,1-5H3,(H,44,46)(H,45,47)(H,49,56)(H,54,55)/t24?,32-,33-,34-,35?/m0/s1. The van der Waals surface area contributed by atoms with Crippen LogP contribution in [0.25, 0.3) is 44.2 Å². The summed E-state index contributed by atoms with van der Waals surface area (Å²) in [5.74, 6) is -0.553. The van der Waals surface area contributed by atoms with Crippen LogP contribution in [0, 0.1) is 5.92 Å². The topological polar surface area (TPSA) is 213 Å². The van der Waals surface area contributed by atoms with Gasteiger partial charge in [-0.25, -0.2) is 19.6 Å². The van der Waals surface area contributed by atoms with Crippen molar-refractivity contribution in [2.45, 2.75) is 76.1 Å². The lowest BCUT2D eigenvalue weighted by Gasteiger charge is -2.30. The van der Waals surface area contributed by atoms with Gasteiger partial charge in [0, 0.05) is 25.5 Å². The zero-order valence-corrected chi connectivity index (χ0v) is 34.2. The number of carbonyl (C=O) groups is 4. The number of nitrogens with zero attached hydrogens (tertiary/aromatic N) is 4. The van der Waals surface area contributed by atoms with Crippen molar-refractivity contribution in [3.05, 3.63) is 72.4 Å². The van der Waals surface area contributed by atoms with Crippen molar-refractivity contribution in [2.24, 2.45) is 5.92 Å². The Bertz CT molecular complexity index is 2410. The Morgan fingerprint density at radius 1 is 0.867 bits per heavy atom. The SMILES string of the molecule is COC(=O)NC(C(=O)N1CC2(C[C@H]1c1nc3ccc4cc(-c5ccc(-c6cnc([C@@H]7CCCN7C(=O)[C@@H](NC(=O)O)C(C)C)[nH]6)cc5)ccc4c3[nH]1)OCCO2)C(C)OC. The summed E-state index contributed by atoms with van der Waals surface area (Å²) < 4.78 is 22.4. The van der Waals surface area contributed by atoms with E-state index in [1.807, 2.05) is 38.1 Å². The average Bonchev–Trinajstić information content (AvgIpc) is 4.11. The number of H-pyrrole nitrogens is 2. The minimum absolute atomic E-state index is 0.154. The van der Waals surface area contributed by atoms with Crippen molar-refractivity contribution in [3.8, 4) is 22.4 Å². The van der Waals surface area contributed by atoms with E-state index in [4.69, 9.17) is 23.9 Å². The summed E-state index contributed by atoms with van der Waals surface area (Å²) in [5, 5.41) is 16.3. The quantitative estimate of drug-likeness (QED) is 0.112. The molecule has 5 N–H and O–H groups in total. The second-order valence-corrected chi connectivity index (χ2v) is 16.0. The zero-order valence-electron chi connectivity index (χ0n) is 34.2. The van der Waals surface area contributed by atoms with Gasteiger partial charge in [0.2, 0.25) is 11.8 Å². The van der Waals surface area contributed by atoms with Gasteiger partial charge in [0.1, 0.15) is 23.7 Å². The average molecular weight is 823 g/mol. The molecule has 8 rings (SSSR count). The third kappa shape index (κ3) is 7.75. The van der Waals surface area contributed by atoms with Crippen molar-refractivity contribution < 1.29 is 43.2 Å². The van der Waals surface area contributed by atoms with Gasteiger partial charge >= 0.3 is 12.2 Å². The molecule has 17 heteroatoms. The molecular weight excluding hydrogens is 773 g/mol. The molecule has 0 aliphatic carbocycles. The fourth-order valence-corrected chi connectivity index (χ4v) is 8.70. The van der Waals surface area contributed by atoms with E-state index in [1.54, 1.807) is 22.9 Å². The van der Waals surface area contributed by atoms with Gasteiger partial charge in [0.05, 0.1) is 68.0 Å². The number of fused-ring (bicyclic) bond motifs is 3. The van der Waals surface area contributed by atoms with Crippen molar-refractivity contribution >= 4 is 45.8 Å². The summed E-state index contributed by atoms with van der Waals surface area (Å²) >= 11 is 0. The highest BCUT2D eigenvalue weighted by molar-refractivity contribution is 6.05. The lowest BCUT2D eigenvalue weighted by Crippen LogP contribution is -2.54. The molecule has 5 atom stereocenters. The number of hydrogen-bond acceptors (Lipinski definition) is 10. The fraction of sp³-hybridized carbons (Fsp3) is 0.442. The minimum Gasteiger partial charge on any atom is -0.465 e. The second-order valence-electron chi connectivity index (χ2n) is 16.0. The van der Waals surface area contributed by atoms with Gasteiger partial charge in [0.25, 0.3) is 0 Å². The van der Waals surface area contributed by atoms with E-state index in [-0.39, 0.29) is 30.3 Å². The van der Waals surface area contributed by atoms with Crippen LogP contribution in [0.4, 0.5) is 9.59 Å². The Hall–Kier alpha value is -6.04. The number of carbonyl (C=O) groups excluding carboxylic acids is 3. The van der Waals surface area contributed by atoms with E-state index in [2.05, 4.69) is 55.9 Å². The summed E-state index contributed by atoms with van der Waals surface area (Å²) in [6.45, 7) is 6.87. The number of rotatable bonds is 11. The number of imidazole rings is 2. The first-order valence-corrected chi connectivity index (χ1v) is 20.2. The van der Waals surface area contributed by atoms with Gasteiger partial charge in [0.15, 0.2) is 5.79 Å². The number of alkyl carbamates (subject to hydrolysis) is 1. The van der Waals surface area contributed by atoms with E-state index in [1.165, 1.54) is 14.2 Å². The Balaban J connectivity index is 1.02. The Labute approximate surface area is 346 Å². The second kappa shape index (κ2) is 16.5. The maximum absolute atomic E-state index is 14.2. The summed E-state index contributed by atoms with van der Waals surface area (Å²) in [6, 6.07) is 15.8. The molecule has 60 heavy (non-hydrogen) atoms. The Kier molecular flexibility index (Phi) is 11.2. The molecule has 0 bridgehead atoms. The fourth-order valence-electron chi connectivity index (χ4n) is 8.70. The molecule has 0 radical (unpaired) electrons. The molecule has 3 aromatic carbocycles. The van der Waals surface area contributed by atoms with E-state index in [0.29, 0.717) is 37.8 Å². The molecule has 316 valence electrons. The van der Waals surface area contributed by atoms with Crippen LogP contribution in [0.1, 0.15) is 63.8 Å². The largest absolute Gasteiger partial charge is 0.465 e. The van der Waals surface area contributed by atoms with E-state index in [0.717, 1.165) is 57.0 Å². The van der Waals surface area contributed by atoms with Crippen LogP contribution >= 0.6 is 0 Å². The van der Waals surface area contributed by atoms with Crippen LogP contribution in [0.15, 0.2) is 60.8 Å². The van der Waals surface area contributed by atoms with Crippen LogP contribution in [0.2, 0.25) is 0 Å². The molecule has 3 aliphatic rings. The predicted octanol–water partition coefficient (Wildman–Crippen LogP) is 5.50. The number of amides is 4. The van der Waals surface area contributed by atoms with Gasteiger partial charge in [-0.1, -0.05) is 56.3 Å². The van der Waals surface area contributed by atoms with E-state index < -0.39 is 42.2 Å². The van der Waals surface area contributed by atoms with Gasteiger partial charge in [-0.3, -0.25) is 9.59 Å². The summed E-state index contributed by atoms with van der Waals surface area (Å²) in [6.07, 6.45) is 1.05. The molecule has 5 heterocycles. The monoisotopic (exact) mass is 822 g/mol.